The Bertz CT molecular complexity index is 467. The first kappa shape index (κ1) is 15.8. The van der Waals surface area contributed by atoms with Crippen molar-refractivity contribution in [3.63, 3.8) is 0 Å². The van der Waals surface area contributed by atoms with Crippen molar-refractivity contribution < 1.29 is 27.5 Å². The number of amides is 1. The topological polar surface area (TPSA) is 47.6 Å². The van der Waals surface area contributed by atoms with Crippen LogP contribution in [0.3, 0.4) is 0 Å². The molecule has 1 aliphatic heterocycles. The molecule has 1 N–H and O–H groups in total. The zero-order valence-corrected chi connectivity index (χ0v) is 11.3. The van der Waals surface area contributed by atoms with E-state index in [1.165, 1.54) is 12.1 Å². The number of benzene rings is 1. The lowest BCUT2D eigenvalue weighted by molar-refractivity contribution is -0.200. The van der Waals surface area contributed by atoms with E-state index in [-0.39, 0.29) is 6.42 Å². The van der Waals surface area contributed by atoms with Gasteiger partial charge in [0.25, 0.3) is 0 Å². The number of rotatable bonds is 4. The van der Waals surface area contributed by atoms with Gasteiger partial charge < -0.3 is 4.74 Å². The van der Waals surface area contributed by atoms with Crippen LogP contribution >= 0.6 is 0 Å². The molecule has 1 unspecified atom stereocenters. The number of halogens is 3. The highest BCUT2D eigenvalue weighted by Crippen LogP contribution is 2.29. The van der Waals surface area contributed by atoms with Gasteiger partial charge >= 0.3 is 6.18 Å². The van der Waals surface area contributed by atoms with Crippen molar-refractivity contribution in [3.05, 3.63) is 35.4 Å². The number of alkyl halides is 3. The summed E-state index contributed by atoms with van der Waals surface area (Å²) < 4.78 is 42.5. The van der Waals surface area contributed by atoms with Gasteiger partial charge in [-0.05, 0) is 30.5 Å². The molecule has 116 valence electrons. The first-order valence-corrected chi connectivity index (χ1v) is 6.67. The predicted octanol–water partition coefficient (Wildman–Crippen LogP) is 2.82. The molecule has 1 aromatic carbocycles. The summed E-state index contributed by atoms with van der Waals surface area (Å²) in [4.78, 5) is 16.7. The van der Waals surface area contributed by atoms with Gasteiger partial charge in [-0.1, -0.05) is 12.1 Å². The maximum Gasteiger partial charge on any atom is 0.416 e. The third-order valence-electron chi connectivity index (χ3n) is 3.09. The van der Waals surface area contributed by atoms with E-state index in [1.807, 2.05) is 0 Å². The molecular formula is C14H16F3NO3. The minimum absolute atomic E-state index is 0.0507. The van der Waals surface area contributed by atoms with Crippen LogP contribution in [0.25, 0.3) is 0 Å². The Balaban J connectivity index is 1.79. The lowest BCUT2D eigenvalue weighted by atomic mass is 10.1. The van der Waals surface area contributed by atoms with Crippen LogP contribution < -0.4 is 5.48 Å². The second-order valence-corrected chi connectivity index (χ2v) is 4.81. The standard InChI is InChI=1S/C14H16F3NO3/c15-14(16,17)11-6-4-10(5-7-11)9-12(19)18-21-13-3-1-2-8-20-13/h4-7,13H,1-3,8-9H2,(H,18,19). The SMILES string of the molecule is O=C(Cc1ccc(C(F)(F)F)cc1)NOC1CCCCO1. The number of carbonyl (C=O) groups is 1. The van der Waals surface area contributed by atoms with Crippen molar-refractivity contribution in [3.8, 4) is 0 Å². The Labute approximate surface area is 120 Å². The van der Waals surface area contributed by atoms with E-state index in [1.54, 1.807) is 0 Å². The lowest BCUT2D eigenvalue weighted by Crippen LogP contribution is -2.33. The normalized spacial score (nSPS) is 19.3. The fourth-order valence-corrected chi connectivity index (χ4v) is 1.97. The third-order valence-corrected chi connectivity index (χ3v) is 3.09. The molecule has 2 rings (SSSR count). The van der Waals surface area contributed by atoms with Crippen molar-refractivity contribution in [2.24, 2.45) is 0 Å². The zero-order chi connectivity index (χ0) is 15.3. The summed E-state index contributed by atoms with van der Waals surface area (Å²) in [7, 11) is 0. The highest BCUT2D eigenvalue weighted by Gasteiger charge is 2.30. The summed E-state index contributed by atoms with van der Waals surface area (Å²) >= 11 is 0. The summed E-state index contributed by atoms with van der Waals surface area (Å²) in [5.41, 5.74) is 2.00. The van der Waals surface area contributed by atoms with Crippen LogP contribution in [0.1, 0.15) is 30.4 Å². The smallest absolute Gasteiger partial charge is 0.350 e. The molecule has 0 aromatic heterocycles. The molecule has 1 fully saturated rings. The van der Waals surface area contributed by atoms with Crippen LogP contribution in [-0.4, -0.2) is 18.8 Å². The Morgan fingerprint density at radius 2 is 2.00 bits per heavy atom. The van der Waals surface area contributed by atoms with Gasteiger partial charge in [0.2, 0.25) is 5.91 Å². The second-order valence-electron chi connectivity index (χ2n) is 4.81. The Morgan fingerprint density at radius 3 is 2.57 bits per heavy atom. The molecule has 0 spiro atoms. The molecule has 1 atom stereocenters. The quantitative estimate of drug-likeness (QED) is 0.870. The first-order valence-electron chi connectivity index (χ1n) is 6.67. The number of carbonyl (C=O) groups excluding carboxylic acids is 1. The molecule has 0 saturated carbocycles. The molecule has 1 heterocycles. The summed E-state index contributed by atoms with van der Waals surface area (Å²) in [5.74, 6) is -0.427. The molecule has 7 heteroatoms. The summed E-state index contributed by atoms with van der Waals surface area (Å²) in [5, 5.41) is 0. The monoisotopic (exact) mass is 303 g/mol. The Morgan fingerprint density at radius 1 is 1.29 bits per heavy atom. The van der Waals surface area contributed by atoms with Crippen molar-refractivity contribution in [1.29, 1.82) is 0 Å². The molecule has 1 saturated heterocycles. The predicted molar refractivity (Wildman–Crippen MR) is 68.0 cm³/mol. The van der Waals surface area contributed by atoms with Crippen LogP contribution in [0.5, 0.6) is 0 Å². The van der Waals surface area contributed by atoms with E-state index in [2.05, 4.69) is 5.48 Å². The number of nitrogens with one attached hydrogen (secondary N) is 1. The number of hydrogen-bond acceptors (Lipinski definition) is 3. The molecule has 4 nitrogen and oxygen atoms in total. The minimum atomic E-state index is -4.37. The number of hydroxylamine groups is 1. The van der Waals surface area contributed by atoms with Crippen LogP contribution in [0, 0.1) is 0 Å². The van der Waals surface area contributed by atoms with Gasteiger partial charge in [0, 0.05) is 13.0 Å². The van der Waals surface area contributed by atoms with Crippen LogP contribution in [0.4, 0.5) is 13.2 Å². The van der Waals surface area contributed by atoms with Crippen LogP contribution in [0.15, 0.2) is 24.3 Å². The van der Waals surface area contributed by atoms with Gasteiger partial charge in [-0.2, -0.15) is 13.2 Å². The van der Waals surface area contributed by atoms with Gasteiger partial charge in [0.15, 0.2) is 6.29 Å². The zero-order valence-electron chi connectivity index (χ0n) is 11.3. The van der Waals surface area contributed by atoms with Gasteiger partial charge in [-0.15, -0.1) is 0 Å². The van der Waals surface area contributed by atoms with Gasteiger partial charge in [-0.3, -0.25) is 4.79 Å². The van der Waals surface area contributed by atoms with Crippen molar-refractivity contribution in [1.82, 2.24) is 5.48 Å². The maximum absolute atomic E-state index is 12.4. The first-order chi connectivity index (χ1) is 9.95. The minimum Gasteiger partial charge on any atom is -0.350 e. The molecule has 1 amide bonds. The average molecular weight is 303 g/mol. The van der Waals surface area contributed by atoms with Crippen LogP contribution in [0.2, 0.25) is 0 Å². The van der Waals surface area contributed by atoms with E-state index in [0.717, 1.165) is 25.0 Å². The van der Waals surface area contributed by atoms with Crippen molar-refractivity contribution in [2.75, 3.05) is 6.61 Å². The fourth-order valence-electron chi connectivity index (χ4n) is 1.97. The highest BCUT2D eigenvalue weighted by molar-refractivity contribution is 5.77. The van der Waals surface area contributed by atoms with Crippen molar-refractivity contribution >= 4 is 5.91 Å². The van der Waals surface area contributed by atoms with Crippen LogP contribution in [-0.2, 0) is 27.0 Å². The molecule has 0 aliphatic carbocycles. The molecule has 1 aromatic rings. The van der Waals surface area contributed by atoms with Gasteiger partial charge in [-0.25, -0.2) is 10.3 Å². The van der Waals surface area contributed by atoms with E-state index in [0.29, 0.717) is 18.6 Å². The second kappa shape index (κ2) is 6.91. The van der Waals surface area contributed by atoms with E-state index in [4.69, 9.17) is 9.57 Å². The Hall–Kier alpha value is -1.60. The van der Waals surface area contributed by atoms with E-state index in [9.17, 15) is 18.0 Å². The van der Waals surface area contributed by atoms with Crippen molar-refractivity contribution in [2.45, 2.75) is 38.1 Å². The summed E-state index contributed by atoms with van der Waals surface area (Å²) in [6.45, 7) is 0.597. The largest absolute Gasteiger partial charge is 0.416 e. The average Bonchev–Trinajstić information content (AvgIpc) is 2.46. The summed E-state index contributed by atoms with van der Waals surface area (Å²) in [6, 6.07) is 4.46. The highest BCUT2D eigenvalue weighted by atomic mass is 19.4. The van der Waals surface area contributed by atoms with Gasteiger partial charge in [0.1, 0.15) is 0 Å². The van der Waals surface area contributed by atoms with E-state index < -0.39 is 23.9 Å². The fraction of sp³-hybridized carbons (Fsp3) is 0.500. The molecular weight excluding hydrogens is 287 g/mol. The third kappa shape index (κ3) is 5.02. The molecule has 0 radical (unpaired) electrons. The Kier molecular flexibility index (Phi) is 5.19. The lowest BCUT2D eigenvalue weighted by Gasteiger charge is -2.22. The maximum atomic E-state index is 12.4. The van der Waals surface area contributed by atoms with E-state index >= 15 is 0 Å². The van der Waals surface area contributed by atoms with Gasteiger partial charge in [0.05, 0.1) is 12.0 Å². The number of hydrogen-bond donors (Lipinski definition) is 1. The molecule has 0 bridgehead atoms. The summed E-state index contributed by atoms with van der Waals surface area (Å²) in [6.07, 6.45) is -2.22. The molecule has 1 aliphatic rings. The molecule has 21 heavy (non-hydrogen) atoms. The number of ether oxygens (including phenoxy) is 1.